The Balaban J connectivity index is 2.28. The maximum absolute atomic E-state index is 12.3. The molecule has 2 aromatic heterocycles. The van der Waals surface area contributed by atoms with E-state index in [0.717, 1.165) is 18.4 Å². The predicted octanol–water partition coefficient (Wildman–Crippen LogP) is 1.79. The van der Waals surface area contributed by atoms with Gasteiger partial charge in [-0.3, -0.25) is 0 Å². The summed E-state index contributed by atoms with van der Waals surface area (Å²) < 4.78 is 30.7. The summed E-state index contributed by atoms with van der Waals surface area (Å²) in [5.41, 5.74) is 1.39. The van der Waals surface area contributed by atoms with Gasteiger partial charge in [-0.2, -0.15) is 5.10 Å². The normalized spacial score (nSPS) is 15.3. The van der Waals surface area contributed by atoms with E-state index in [1.165, 1.54) is 11.6 Å². The molecule has 0 spiro atoms. The second-order valence-corrected chi connectivity index (χ2v) is 7.35. The summed E-state index contributed by atoms with van der Waals surface area (Å²) in [6.45, 7) is 1.54. The number of fused-ring (bicyclic) bond motifs is 1. The van der Waals surface area contributed by atoms with Gasteiger partial charge in [0.25, 0.3) is 0 Å². The van der Waals surface area contributed by atoms with Gasteiger partial charge in [0.2, 0.25) is 0 Å². The fraction of sp³-hybridized carbons (Fsp3) is 0.429. The maximum atomic E-state index is 12.3. The van der Waals surface area contributed by atoms with Crippen LogP contribution in [-0.2, 0) is 14.6 Å². The number of aromatic nitrogens is 2. The summed E-state index contributed by atoms with van der Waals surface area (Å²) in [4.78, 5) is 11.8. The third-order valence-corrected chi connectivity index (χ3v) is 5.51. The van der Waals surface area contributed by atoms with Crippen molar-refractivity contribution in [1.82, 2.24) is 9.61 Å². The quantitative estimate of drug-likeness (QED) is 0.805. The average Bonchev–Trinajstić information content (AvgIpc) is 3.25. The molecule has 112 valence electrons. The number of ether oxygens (including phenoxy) is 1. The largest absolute Gasteiger partial charge is 0.464 e. The van der Waals surface area contributed by atoms with E-state index in [2.05, 4.69) is 9.84 Å². The number of hydrogen-bond acceptors (Lipinski definition) is 5. The van der Waals surface area contributed by atoms with Crippen molar-refractivity contribution < 1.29 is 17.9 Å². The topological polar surface area (TPSA) is 77.7 Å². The monoisotopic (exact) mass is 308 g/mol. The van der Waals surface area contributed by atoms with E-state index in [-0.39, 0.29) is 16.3 Å². The minimum Gasteiger partial charge on any atom is -0.464 e. The molecule has 0 bridgehead atoms. The van der Waals surface area contributed by atoms with Gasteiger partial charge in [0.15, 0.2) is 15.5 Å². The molecule has 0 unspecified atom stereocenters. The molecule has 0 aromatic carbocycles. The first-order valence-electron chi connectivity index (χ1n) is 6.81. The van der Waals surface area contributed by atoms with Gasteiger partial charge in [-0.05, 0) is 30.4 Å². The molecule has 2 heterocycles. The number of rotatable bonds is 4. The molecule has 3 rings (SSSR count). The van der Waals surface area contributed by atoms with E-state index < -0.39 is 15.8 Å². The van der Waals surface area contributed by atoms with Gasteiger partial charge in [0.1, 0.15) is 4.90 Å². The van der Waals surface area contributed by atoms with Crippen LogP contribution in [-0.4, -0.2) is 36.9 Å². The minimum atomic E-state index is -3.57. The van der Waals surface area contributed by atoms with Crippen LogP contribution in [0.4, 0.5) is 0 Å². The summed E-state index contributed by atoms with van der Waals surface area (Å²) in [6.07, 6.45) is 4.07. The number of pyridine rings is 1. The summed E-state index contributed by atoms with van der Waals surface area (Å²) in [6, 6.07) is 3.63. The van der Waals surface area contributed by atoms with Gasteiger partial charge in [0, 0.05) is 6.20 Å². The molecule has 2 aromatic rings. The third-order valence-electron chi connectivity index (χ3n) is 3.73. The van der Waals surface area contributed by atoms with Gasteiger partial charge in [-0.1, -0.05) is 13.0 Å². The van der Waals surface area contributed by atoms with Crippen LogP contribution in [0.25, 0.3) is 5.52 Å². The smallest absolute Gasteiger partial charge is 0.359 e. The Kier molecular flexibility index (Phi) is 3.24. The number of methoxy groups -OCH3 is 1. The minimum absolute atomic E-state index is 0.0424. The first-order chi connectivity index (χ1) is 9.97. The van der Waals surface area contributed by atoms with Gasteiger partial charge >= 0.3 is 5.97 Å². The van der Waals surface area contributed by atoms with E-state index in [0.29, 0.717) is 11.4 Å². The second-order valence-electron chi connectivity index (χ2n) is 5.14. The molecule has 21 heavy (non-hydrogen) atoms. The number of nitrogens with zero attached hydrogens (tertiary/aromatic N) is 2. The zero-order chi connectivity index (χ0) is 15.2. The van der Waals surface area contributed by atoms with Crippen LogP contribution in [0, 0.1) is 0 Å². The molecule has 7 heteroatoms. The molecule has 1 aliphatic carbocycles. The third kappa shape index (κ3) is 2.31. The maximum Gasteiger partial charge on any atom is 0.359 e. The number of esters is 1. The van der Waals surface area contributed by atoms with Crippen molar-refractivity contribution in [3.63, 3.8) is 0 Å². The number of carbonyl (C=O) groups is 1. The molecule has 1 aliphatic rings. The standard InChI is InChI=1S/C14H16N2O4S/c1-3-21(18,19)13-11-7-6-10(9-4-5-9)8-16(11)15-12(13)14(17)20-2/h6-9H,3-5H2,1-2H3. The number of hydrogen-bond donors (Lipinski definition) is 0. The molecule has 0 radical (unpaired) electrons. The Labute approximate surface area is 122 Å². The van der Waals surface area contributed by atoms with Gasteiger partial charge < -0.3 is 4.74 Å². The van der Waals surface area contributed by atoms with Crippen LogP contribution in [0.15, 0.2) is 23.2 Å². The molecule has 0 saturated heterocycles. The lowest BCUT2D eigenvalue weighted by Crippen LogP contribution is -2.11. The van der Waals surface area contributed by atoms with Gasteiger partial charge in [-0.15, -0.1) is 0 Å². The highest BCUT2D eigenvalue weighted by Crippen LogP contribution is 2.40. The molecule has 0 atom stereocenters. The molecule has 0 aliphatic heterocycles. The van der Waals surface area contributed by atoms with Crippen LogP contribution in [0.1, 0.15) is 41.7 Å². The highest BCUT2D eigenvalue weighted by atomic mass is 32.2. The van der Waals surface area contributed by atoms with Crippen LogP contribution in [0.5, 0.6) is 0 Å². The lowest BCUT2D eigenvalue weighted by atomic mass is 10.2. The summed E-state index contributed by atoms with van der Waals surface area (Å²) >= 11 is 0. The van der Waals surface area contributed by atoms with Gasteiger partial charge in [-0.25, -0.2) is 17.7 Å². The predicted molar refractivity (Wildman–Crippen MR) is 76.2 cm³/mol. The zero-order valence-corrected chi connectivity index (χ0v) is 12.7. The fourth-order valence-corrected chi connectivity index (χ4v) is 3.57. The Morgan fingerprint density at radius 3 is 2.71 bits per heavy atom. The molecule has 0 N–H and O–H groups in total. The Hall–Kier alpha value is -1.89. The van der Waals surface area contributed by atoms with E-state index >= 15 is 0 Å². The molecule has 0 amide bonds. The Morgan fingerprint density at radius 2 is 2.14 bits per heavy atom. The van der Waals surface area contributed by atoms with Crippen LogP contribution >= 0.6 is 0 Å². The molecule has 1 fully saturated rings. The highest BCUT2D eigenvalue weighted by Gasteiger charge is 2.30. The van der Waals surface area contributed by atoms with Gasteiger partial charge in [0.05, 0.1) is 18.4 Å². The van der Waals surface area contributed by atoms with Crippen molar-refractivity contribution >= 4 is 21.3 Å². The SMILES string of the molecule is CCS(=O)(=O)c1c(C(=O)OC)nn2cc(C3CC3)ccc12. The lowest BCUT2D eigenvalue weighted by Gasteiger charge is -2.02. The highest BCUT2D eigenvalue weighted by molar-refractivity contribution is 7.91. The fourth-order valence-electron chi connectivity index (χ4n) is 2.38. The van der Waals surface area contributed by atoms with E-state index in [1.807, 2.05) is 6.07 Å². The molecule has 1 saturated carbocycles. The van der Waals surface area contributed by atoms with E-state index in [9.17, 15) is 13.2 Å². The van der Waals surface area contributed by atoms with E-state index in [4.69, 9.17) is 0 Å². The number of sulfone groups is 1. The van der Waals surface area contributed by atoms with E-state index in [1.54, 1.807) is 19.2 Å². The van der Waals surface area contributed by atoms with Crippen molar-refractivity contribution in [2.75, 3.05) is 12.9 Å². The zero-order valence-electron chi connectivity index (χ0n) is 11.9. The van der Waals surface area contributed by atoms with Crippen molar-refractivity contribution in [2.45, 2.75) is 30.6 Å². The summed E-state index contributed by atoms with van der Waals surface area (Å²) in [5, 5.41) is 4.13. The van der Waals surface area contributed by atoms with Crippen molar-refractivity contribution in [3.8, 4) is 0 Å². The second kappa shape index (κ2) is 4.84. The molecular formula is C14H16N2O4S. The summed E-state index contributed by atoms with van der Waals surface area (Å²) in [7, 11) is -2.36. The first-order valence-corrected chi connectivity index (χ1v) is 8.46. The summed E-state index contributed by atoms with van der Waals surface area (Å²) in [5.74, 6) is -0.312. The van der Waals surface area contributed by atoms with Crippen molar-refractivity contribution in [3.05, 3.63) is 29.6 Å². The number of carbonyl (C=O) groups excluding carboxylic acids is 1. The average molecular weight is 308 g/mol. The van der Waals surface area contributed by atoms with Crippen LogP contribution in [0.3, 0.4) is 0 Å². The van der Waals surface area contributed by atoms with Crippen LogP contribution in [0.2, 0.25) is 0 Å². The Bertz CT molecular complexity index is 819. The molecule has 6 nitrogen and oxygen atoms in total. The Morgan fingerprint density at radius 1 is 1.43 bits per heavy atom. The van der Waals surface area contributed by atoms with Crippen molar-refractivity contribution in [1.29, 1.82) is 0 Å². The van der Waals surface area contributed by atoms with Crippen LogP contribution < -0.4 is 0 Å². The van der Waals surface area contributed by atoms with Crippen molar-refractivity contribution in [2.24, 2.45) is 0 Å². The molecular weight excluding hydrogens is 292 g/mol. The lowest BCUT2D eigenvalue weighted by molar-refractivity contribution is 0.0589. The first kappa shape index (κ1) is 14.1.